The predicted molar refractivity (Wildman–Crippen MR) is 105 cm³/mol. The Bertz CT molecular complexity index is 1060. The zero-order chi connectivity index (χ0) is 21.3. The number of rotatable bonds is 4. The van der Waals surface area contributed by atoms with Crippen LogP contribution in [0.3, 0.4) is 0 Å². The number of nitrogens with one attached hydrogen (secondary N) is 1. The van der Waals surface area contributed by atoms with E-state index in [2.05, 4.69) is 5.32 Å². The highest BCUT2D eigenvalue weighted by Gasteiger charge is 2.32. The molecule has 0 aromatic heterocycles. The molecule has 29 heavy (non-hydrogen) atoms. The van der Waals surface area contributed by atoms with E-state index >= 15 is 0 Å². The number of amides is 1. The van der Waals surface area contributed by atoms with Gasteiger partial charge in [0.05, 0.1) is 21.7 Å². The lowest BCUT2D eigenvalue weighted by atomic mass is 10.1. The maximum absolute atomic E-state index is 14.4. The first-order chi connectivity index (χ1) is 13.6. The van der Waals surface area contributed by atoms with Crippen molar-refractivity contribution in [3.63, 3.8) is 0 Å². The van der Waals surface area contributed by atoms with Gasteiger partial charge >= 0.3 is 0 Å². The molecule has 1 heterocycles. The molecule has 2 N–H and O–H groups in total. The van der Waals surface area contributed by atoms with E-state index in [9.17, 15) is 27.1 Å². The van der Waals surface area contributed by atoms with E-state index in [1.807, 2.05) is 0 Å². The minimum absolute atomic E-state index is 0.0289. The number of piperidine rings is 1. The van der Waals surface area contributed by atoms with Gasteiger partial charge in [0.25, 0.3) is 5.91 Å². The van der Waals surface area contributed by atoms with Crippen molar-refractivity contribution >= 4 is 44.8 Å². The Hall–Kier alpha value is -1.78. The standard InChI is InChI=1S/C18H16Cl2F2N2O4S/c19-13-9-16(22)17(29(27,28)24-5-3-11(25)4-6-24)8-12(13)18(26)23-10-1-2-15(21)14(20)7-10/h1-2,7-9,11,25H,3-6H2,(H,23,26). The molecule has 6 nitrogen and oxygen atoms in total. The Morgan fingerprint density at radius 3 is 2.34 bits per heavy atom. The fourth-order valence-electron chi connectivity index (χ4n) is 2.89. The first-order valence-electron chi connectivity index (χ1n) is 8.53. The van der Waals surface area contributed by atoms with Crippen molar-refractivity contribution in [1.82, 2.24) is 4.31 Å². The number of nitrogens with zero attached hydrogens (tertiary/aromatic N) is 1. The molecule has 0 spiro atoms. The molecular weight excluding hydrogens is 449 g/mol. The van der Waals surface area contributed by atoms with Crippen LogP contribution in [0.2, 0.25) is 10.0 Å². The van der Waals surface area contributed by atoms with E-state index in [1.54, 1.807) is 0 Å². The van der Waals surface area contributed by atoms with Crippen LogP contribution < -0.4 is 5.32 Å². The van der Waals surface area contributed by atoms with Gasteiger partial charge in [0.15, 0.2) is 0 Å². The third-order valence-electron chi connectivity index (χ3n) is 4.48. The maximum atomic E-state index is 14.4. The number of carbonyl (C=O) groups is 1. The summed E-state index contributed by atoms with van der Waals surface area (Å²) in [7, 11) is -4.24. The molecule has 0 bridgehead atoms. The zero-order valence-electron chi connectivity index (χ0n) is 14.8. The summed E-state index contributed by atoms with van der Waals surface area (Å²) in [5, 5.41) is 11.5. The third-order valence-corrected chi connectivity index (χ3v) is 7.00. The number of sulfonamides is 1. The summed E-state index contributed by atoms with van der Waals surface area (Å²) in [6, 6.07) is 5.08. The number of aliphatic hydroxyl groups is 1. The van der Waals surface area contributed by atoms with Crippen LogP contribution in [0.15, 0.2) is 35.2 Å². The summed E-state index contributed by atoms with van der Waals surface area (Å²) in [5.41, 5.74) is -0.125. The quantitative estimate of drug-likeness (QED) is 0.722. The van der Waals surface area contributed by atoms with Gasteiger partial charge in [-0.05, 0) is 43.2 Å². The number of aliphatic hydroxyl groups excluding tert-OH is 1. The van der Waals surface area contributed by atoms with Gasteiger partial charge in [0.1, 0.15) is 16.5 Å². The van der Waals surface area contributed by atoms with Crippen LogP contribution in [0.5, 0.6) is 0 Å². The fourth-order valence-corrected chi connectivity index (χ4v) is 4.85. The van der Waals surface area contributed by atoms with Crippen molar-refractivity contribution in [3.8, 4) is 0 Å². The largest absolute Gasteiger partial charge is 0.393 e. The van der Waals surface area contributed by atoms with Crippen LogP contribution in [0.1, 0.15) is 23.2 Å². The highest BCUT2D eigenvalue weighted by atomic mass is 35.5. The Morgan fingerprint density at radius 1 is 1.07 bits per heavy atom. The summed E-state index contributed by atoms with van der Waals surface area (Å²) in [4.78, 5) is 11.9. The number of carbonyl (C=O) groups excluding carboxylic acids is 1. The van der Waals surface area contributed by atoms with Crippen LogP contribution in [0, 0.1) is 11.6 Å². The van der Waals surface area contributed by atoms with Crippen LogP contribution in [-0.2, 0) is 10.0 Å². The van der Waals surface area contributed by atoms with Gasteiger partial charge < -0.3 is 10.4 Å². The average Bonchev–Trinajstić information content (AvgIpc) is 2.65. The van der Waals surface area contributed by atoms with Crippen LogP contribution in [0.25, 0.3) is 0 Å². The molecule has 0 aliphatic carbocycles. The molecule has 156 valence electrons. The van der Waals surface area contributed by atoms with Crippen molar-refractivity contribution in [2.24, 2.45) is 0 Å². The Labute approximate surface area is 176 Å². The van der Waals surface area contributed by atoms with Gasteiger partial charge in [0, 0.05) is 18.8 Å². The van der Waals surface area contributed by atoms with Crippen molar-refractivity contribution in [2.75, 3.05) is 18.4 Å². The van der Waals surface area contributed by atoms with Gasteiger partial charge in [-0.15, -0.1) is 0 Å². The number of anilines is 1. The third kappa shape index (κ3) is 4.70. The summed E-state index contributed by atoms with van der Waals surface area (Å²) >= 11 is 11.6. The molecule has 1 amide bonds. The van der Waals surface area contributed by atoms with Crippen molar-refractivity contribution in [3.05, 3.63) is 57.6 Å². The van der Waals surface area contributed by atoms with E-state index in [0.717, 1.165) is 22.5 Å². The fraction of sp³-hybridized carbons (Fsp3) is 0.278. The Balaban J connectivity index is 1.92. The first kappa shape index (κ1) is 21.9. The lowest BCUT2D eigenvalue weighted by Gasteiger charge is -2.29. The molecule has 1 aliphatic heterocycles. The summed E-state index contributed by atoms with van der Waals surface area (Å²) < 4.78 is 54.3. The molecule has 0 unspecified atom stereocenters. The lowest BCUT2D eigenvalue weighted by Crippen LogP contribution is -2.40. The topological polar surface area (TPSA) is 86.7 Å². The summed E-state index contributed by atoms with van der Waals surface area (Å²) in [6.07, 6.45) is -0.152. The van der Waals surface area contributed by atoms with Crippen molar-refractivity contribution < 1.29 is 27.1 Å². The molecule has 1 fully saturated rings. The minimum Gasteiger partial charge on any atom is -0.393 e. The molecule has 0 saturated carbocycles. The van der Waals surface area contributed by atoms with Gasteiger partial charge in [-0.2, -0.15) is 4.31 Å². The monoisotopic (exact) mass is 464 g/mol. The van der Waals surface area contributed by atoms with Crippen LogP contribution in [-0.4, -0.2) is 42.9 Å². The molecule has 11 heteroatoms. The SMILES string of the molecule is O=C(Nc1ccc(F)c(Cl)c1)c1cc(S(=O)(=O)N2CCC(O)CC2)c(F)cc1Cl. The lowest BCUT2D eigenvalue weighted by molar-refractivity contribution is 0.102. The number of halogens is 4. The normalized spacial score (nSPS) is 16.0. The summed E-state index contributed by atoms with van der Waals surface area (Å²) in [5.74, 6) is -2.59. The molecule has 2 aromatic carbocycles. The van der Waals surface area contributed by atoms with E-state index < -0.39 is 38.6 Å². The highest BCUT2D eigenvalue weighted by molar-refractivity contribution is 7.89. The number of hydrogen-bond acceptors (Lipinski definition) is 4. The molecule has 2 aromatic rings. The Morgan fingerprint density at radius 2 is 1.72 bits per heavy atom. The van der Waals surface area contributed by atoms with Gasteiger partial charge in [-0.25, -0.2) is 17.2 Å². The first-order valence-corrected chi connectivity index (χ1v) is 10.7. The second-order valence-corrected chi connectivity index (χ2v) is 9.20. The second-order valence-electron chi connectivity index (χ2n) is 6.48. The summed E-state index contributed by atoms with van der Waals surface area (Å²) in [6.45, 7) is 0.0579. The van der Waals surface area contributed by atoms with Crippen molar-refractivity contribution in [2.45, 2.75) is 23.8 Å². The predicted octanol–water partition coefficient (Wildman–Crippen LogP) is 3.67. The second kappa shape index (κ2) is 8.53. The molecule has 3 rings (SSSR count). The van der Waals surface area contributed by atoms with Gasteiger partial charge in [-0.3, -0.25) is 4.79 Å². The molecule has 0 radical (unpaired) electrons. The highest BCUT2D eigenvalue weighted by Crippen LogP contribution is 2.29. The molecule has 1 saturated heterocycles. The maximum Gasteiger partial charge on any atom is 0.257 e. The van der Waals surface area contributed by atoms with Crippen LogP contribution >= 0.6 is 23.2 Å². The van der Waals surface area contributed by atoms with Crippen molar-refractivity contribution in [1.29, 1.82) is 0 Å². The van der Waals surface area contributed by atoms with E-state index in [-0.39, 0.29) is 47.2 Å². The minimum atomic E-state index is -4.24. The average molecular weight is 465 g/mol. The van der Waals surface area contributed by atoms with Gasteiger partial charge in [-0.1, -0.05) is 23.2 Å². The number of hydrogen-bond donors (Lipinski definition) is 2. The molecule has 1 aliphatic rings. The molecule has 0 atom stereocenters. The number of benzene rings is 2. The van der Waals surface area contributed by atoms with Gasteiger partial charge in [0.2, 0.25) is 10.0 Å². The zero-order valence-corrected chi connectivity index (χ0v) is 17.2. The Kier molecular flexibility index (Phi) is 6.45. The van der Waals surface area contributed by atoms with E-state index in [4.69, 9.17) is 23.2 Å². The smallest absolute Gasteiger partial charge is 0.257 e. The van der Waals surface area contributed by atoms with E-state index in [1.165, 1.54) is 12.1 Å². The molecular formula is C18H16Cl2F2N2O4S. The van der Waals surface area contributed by atoms with Crippen LogP contribution in [0.4, 0.5) is 14.5 Å². The van der Waals surface area contributed by atoms with E-state index in [0.29, 0.717) is 0 Å².